The van der Waals surface area contributed by atoms with Crippen LogP contribution in [0.4, 0.5) is 0 Å². The molecule has 19 heavy (non-hydrogen) atoms. The third kappa shape index (κ3) is 3.20. The van der Waals surface area contributed by atoms with Crippen LogP contribution in [0.3, 0.4) is 0 Å². The van der Waals surface area contributed by atoms with E-state index in [0.717, 1.165) is 17.7 Å². The maximum absolute atomic E-state index is 11.5. The van der Waals surface area contributed by atoms with Crippen molar-refractivity contribution in [3.05, 3.63) is 47.8 Å². The predicted molar refractivity (Wildman–Crippen MR) is 74.3 cm³/mol. The molecule has 1 unspecified atom stereocenters. The fourth-order valence-electron chi connectivity index (χ4n) is 1.91. The number of carbonyl (C=O) groups excluding carboxylic acids is 1. The van der Waals surface area contributed by atoms with Gasteiger partial charge >= 0.3 is 0 Å². The molecule has 0 fully saturated rings. The SMILES string of the molecule is CNC(=O)c1ccn(-c2cccc(CC(C)N)c2)n1. The molecule has 0 aliphatic rings. The van der Waals surface area contributed by atoms with E-state index in [4.69, 9.17) is 5.73 Å². The van der Waals surface area contributed by atoms with Gasteiger partial charge in [-0.3, -0.25) is 4.79 Å². The number of nitrogens with zero attached hydrogens (tertiary/aromatic N) is 2. The highest BCUT2D eigenvalue weighted by atomic mass is 16.1. The van der Waals surface area contributed by atoms with Crippen molar-refractivity contribution in [2.45, 2.75) is 19.4 Å². The standard InChI is InChI=1S/C14H18N4O/c1-10(15)8-11-4-3-5-12(9-11)18-7-6-13(17-18)14(19)16-2/h3-7,9-10H,8,15H2,1-2H3,(H,16,19). The summed E-state index contributed by atoms with van der Waals surface area (Å²) in [7, 11) is 1.59. The van der Waals surface area contributed by atoms with Crippen molar-refractivity contribution in [2.24, 2.45) is 5.73 Å². The lowest BCUT2D eigenvalue weighted by molar-refractivity contribution is 0.0957. The predicted octanol–water partition coefficient (Wildman–Crippen LogP) is 1.12. The number of nitrogens with one attached hydrogen (secondary N) is 1. The second-order valence-corrected chi connectivity index (χ2v) is 4.58. The Morgan fingerprint density at radius 2 is 2.26 bits per heavy atom. The summed E-state index contributed by atoms with van der Waals surface area (Å²) in [5.41, 5.74) is 8.28. The van der Waals surface area contributed by atoms with Gasteiger partial charge in [0.2, 0.25) is 0 Å². The Labute approximate surface area is 112 Å². The molecule has 5 nitrogen and oxygen atoms in total. The van der Waals surface area contributed by atoms with Crippen molar-refractivity contribution >= 4 is 5.91 Å². The van der Waals surface area contributed by atoms with E-state index >= 15 is 0 Å². The Morgan fingerprint density at radius 3 is 2.95 bits per heavy atom. The molecule has 0 radical (unpaired) electrons. The van der Waals surface area contributed by atoms with Gasteiger partial charge in [0.05, 0.1) is 5.69 Å². The molecule has 1 amide bonds. The maximum Gasteiger partial charge on any atom is 0.271 e. The van der Waals surface area contributed by atoms with Crippen molar-refractivity contribution < 1.29 is 4.79 Å². The van der Waals surface area contributed by atoms with Crippen LogP contribution in [0.15, 0.2) is 36.5 Å². The Morgan fingerprint density at radius 1 is 1.47 bits per heavy atom. The highest BCUT2D eigenvalue weighted by molar-refractivity contribution is 5.91. The normalized spacial score (nSPS) is 12.2. The molecule has 1 aromatic carbocycles. The van der Waals surface area contributed by atoms with Crippen molar-refractivity contribution in [1.29, 1.82) is 0 Å². The Hall–Kier alpha value is -2.14. The van der Waals surface area contributed by atoms with E-state index in [1.165, 1.54) is 0 Å². The first-order chi connectivity index (χ1) is 9.10. The lowest BCUT2D eigenvalue weighted by Crippen LogP contribution is -2.18. The summed E-state index contributed by atoms with van der Waals surface area (Å²) in [6.45, 7) is 1.98. The van der Waals surface area contributed by atoms with Crippen LogP contribution in [0.25, 0.3) is 5.69 Å². The van der Waals surface area contributed by atoms with Gasteiger partial charge in [0.15, 0.2) is 5.69 Å². The second kappa shape index (κ2) is 5.67. The van der Waals surface area contributed by atoms with E-state index < -0.39 is 0 Å². The van der Waals surface area contributed by atoms with Crippen molar-refractivity contribution in [3.63, 3.8) is 0 Å². The zero-order valence-electron chi connectivity index (χ0n) is 11.1. The van der Waals surface area contributed by atoms with Gasteiger partial charge in [0, 0.05) is 19.3 Å². The maximum atomic E-state index is 11.5. The summed E-state index contributed by atoms with van der Waals surface area (Å²) in [4.78, 5) is 11.5. The Bertz CT molecular complexity index is 574. The molecule has 0 bridgehead atoms. The molecule has 0 saturated heterocycles. The van der Waals surface area contributed by atoms with E-state index in [1.807, 2.05) is 31.2 Å². The van der Waals surface area contributed by atoms with Gasteiger partial charge < -0.3 is 11.1 Å². The second-order valence-electron chi connectivity index (χ2n) is 4.58. The van der Waals surface area contributed by atoms with Crippen LogP contribution in [0, 0.1) is 0 Å². The first kappa shape index (κ1) is 13.3. The minimum atomic E-state index is -0.189. The molecular weight excluding hydrogens is 240 g/mol. The largest absolute Gasteiger partial charge is 0.354 e. The molecule has 0 spiro atoms. The van der Waals surface area contributed by atoms with E-state index in [1.54, 1.807) is 24.0 Å². The number of carbonyl (C=O) groups is 1. The molecule has 5 heteroatoms. The van der Waals surface area contributed by atoms with Gasteiger partial charge in [0.25, 0.3) is 5.91 Å². The minimum absolute atomic E-state index is 0.120. The number of rotatable bonds is 4. The third-order valence-electron chi connectivity index (χ3n) is 2.78. The first-order valence-corrected chi connectivity index (χ1v) is 6.23. The summed E-state index contributed by atoms with van der Waals surface area (Å²) in [6.07, 6.45) is 2.59. The van der Waals surface area contributed by atoms with E-state index in [9.17, 15) is 4.79 Å². The van der Waals surface area contributed by atoms with Crippen molar-refractivity contribution in [1.82, 2.24) is 15.1 Å². The molecule has 1 atom stereocenters. The number of hydrogen-bond donors (Lipinski definition) is 2. The summed E-state index contributed by atoms with van der Waals surface area (Å²) >= 11 is 0. The fourth-order valence-corrected chi connectivity index (χ4v) is 1.91. The Balaban J connectivity index is 2.26. The smallest absolute Gasteiger partial charge is 0.271 e. The molecule has 0 saturated carbocycles. The lowest BCUT2D eigenvalue weighted by atomic mass is 10.1. The van der Waals surface area contributed by atoms with Crippen LogP contribution in [-0.4, -0.2) is 28.8 Å². The average Bonchev–Trinajstić information content (AvgIpc) is 2.87. The number of hydrogen-bond acceptors (Lipinski definition) is 3. The summed E-state index contributed by atoms with van der Waals surface area (Å²) < 4.78 is 1.69. The zero-order chi connectivity index (χ0) is 13.8. The van der Waals surface area contributed by atoms with Gasteiger partial charge in [-0.1, -0.05) is 12.1 Å². The Kier molecular flexibility index (Phi) is 3.97. The van der Waals surface area contributed by atoms with Crippen LogP contribution in [0.2, 0.25) is 0 Å². The average molecular weight is 258 g/mol. The van der Waals surface area contributed by atoms with Gasteiger partial charge in [-0.05, 0) is 37.1 Å². The molecule has 100 valence electrons. The van der Waals surface area contributed by atoms with Gasteiger partial charge in [-0.2, -0.15) is 5.10 Å². The van der Waals surface area contributed by atoms with Crippen molar-refractivity contribution in [2.75, 3.05) is 7.05 Å². The van der Waals surface area contributed by atoms with E-state index in [-0.39, 0.29) is 11.9 Å². The first-order valence-electron chi connectivity index (χ1n) is 6.23. The van der Waals surface area contributed by atoms with Crippen LogP contribution in [-0.2, 0) is 6.42 Å². The number of aromatic nitrogens is 2. The molecule has 0 aliphatic carbocycles. The molecule has 1 aromatic heterocycles. The molecular formula is C14H18N4O. The van der Waals surface area contributed by atoms with Gasteiger partial charge in [-0.15, -0.1) is 0 Å². The van der Waals surface area contributed by atoms with Crippen LogP contribution < -0.4 is 11.1 Å². The number of amides is 1. The molecule has 1 heterocycles. The van der Waals surface area contributed by atoms with E-state index in [2.05, 4.69) is 10.4 Å². The van der Waals surface area contributed by atoms with Crippen LogP contribution >= 0.6 is 0 Å². The minimum Gasteiger partial charge on any atom is -0.354 e. The van der Waals surface area contributed by atoms with Gasteiger partial charge in [-0.25, -0.2) is 4.68 Å². The molecule has 2 aromatic rings. The number of nitrogens with two attached hydrogens (primary N) is 1. The quantitative estimate of drug-likeness (QED) is 0.863. The molecule has 3 N–H and O–H groups in total. The third-order valence-corrected chi connectivity index (χ3v) is 2.78. The van der Waals surface area contributed by atoms with Crippen LogP contribution in [0.5, 0.6) is 0 Å². The highest BCUT2D eigenvalue weighted by Gasteiger charge is 2.08. The fraction of sp³-hybridized carbons (Fsp3) is 0.286. The van der Waals surface area contributed by atoms with Gasteiger partial charge in [0.1, 0.15) is 0 Å². The molecule has 2 rings (SSSR count). The lowest BCUT2D eigenvalue weighted by Gasteiger charge is -2.07. The zero-order valence-corrected chi connectivity index (χ0v) is 11.1. The highest BCUT2D eigenvalue weighted by Crippen LogP contribution is 2.12. The molecule has 0 aliphatic heterocycles. The summed E-state index contributed by atoms with van der Waals surface area (Å²) in [5, 5.41) is 6.80. The number of benzene rings is 1. The van der Waals surface area contributed by atoms with Crippen LogP contribution in [0.1, 0.15) is 23.0 Å². The summed E-state index contributed by atoms with van der Waals surface area (Å²) in [5.74, 6) is -0.189. The summed E-state index contributed by atoms with van der Waals surface area (Å²) in [6, 6.07) is 9.80. The van der Waals surface area contributed by atoms with Crippen molar-refractivity contribution in [3.8, 4) is 5.69 Å². The van der Waals surface area contributed by atoms with E-state index in [0.29, 0.717) is 5.69 Å². The topological polar surface area (TPSA) is 72.9 Å². The monoisotopic (exact) mass is 258 g/mol.